The maximum atomic E-state index is 5.41. The Morgan fingerprint density at radius 1 is 1.78 bits per heavy atom. The molecule has 1 rings (SSSR count). The Balaban J connectivity index is 3.01. The summed E-state index contributed by atoms with van der Waals surface area (Å²) in [7, 11) is 0. The number of halogens is 1. The molecule has 1 heterocycles. The number of rotatable bonds is 1. The van der Waals surface area contributed by atoms with Crippen LogP contribution in [-0.2, 0) is 6.54 Å². The van der Waals surface area contributed by atoms with Gasteiger partial charge in [0.1, 0.15) is 0 Å². The Labute approximate surface area is 61.2 Å². The van der Waals surface area contributed by atoms with Crippen molar-refractivity contribution in [1.82, 2.24) is 14.8 Å². The fourth-order valence-corrected chi connectivity index (χ4v) is 0.931. The lowest BCUT2D eigenvalue weighted by Crippen LogP contribution is -2.01. The van der Waals surface area contributed by atoms with Crippen LogP contribution in [-0.4, -0.2) is 14.8 Å². The molecule has 5 heteroatoms. The fraction of sp³-hybridized carbons (Fsp3) is 0.500. The number of hydrogen-bond acceptors (Lipinski definition) is 3. The van der Waals surface area contributed by atoms with Gasteiger partial charge in [-0.25, -0.2) is 4.68 Å². The third-order valence-corrected chi connectivity index (χ3v) is 1.31. The summed E-state index contributed by atoms with van der Waals surface area (Å²) in [5, 5.41) is 3.93. The highest BCUT2D eigenvalue weighted by Gasteiger charge is 1.99. The molecule has 9 heavy (non-hydrogen) atoms. The minimum absolute atomic E-state index is 0.448. The average Bonchev–Trinajstić information content (AvgIpc) is 2.10. The predicted molar refractivity (Wildman–Crippen MR) is 37.8 cm³/mol. The van der Waals surface area contributed by atoms with Crippen molar-refractivity contribution in [2.24, 2.45) is 0 Å². The first-order valence-electron chi connectivity index (χ1n) is 2.60. The summed E-state index contributed by atoms with van der Waals surface area (Å²) in [6.45, 7) is 2.71. The molecular weight excluding hydrogens is 184 g/mol. The molecule has 0 saturated heterocycles. The number of nitrogen functional groups attached to an aromatic ring is 1. The predicted octanol–water partition coefficient (Wildman–Crippen LogP) is 0.643. The molecule has 0 aromatic carbocycles. The highest BCUT2D eigenvalue weighted by atomic mass is 79.9. The maximum absolute atomic E-state index is 5.41. The minimum Gasteiger partial charge on any atom is -0.368 e. The lowest BCUT2D eigenvalue weighted by atomic mass is 10.8. The van der Waals surface area contributed by atoms with Crippen molar-refractivity contribution in [2.45, 2.75) is 13.5 Å². The van der Waals surface area contributed by atoms with Crippen molar-refractivity contribution < 1.29 is 0 Å². The molecule has 0 aliphatic rings. The second-order valence-electron chi connectivity index (χ2n) is 1.55. The summed E-state index contributed by atoms with van der Waals surface area (Å²) in [6, 6.07) is 0. The van der Waals surface area contributed by atoms with Crippen LogP contribution >= 0.6 is 15.9 Å². The van der Waals surface area contributed by atoms with Gasteiger partial charge in [-0.3, -0.25) is 0 Å². The van der Waals surface area contributed by atoms with Crippen LogP contribution < -0.4 is 5.73 Å². The molecule has 0 radical (unpaired) electrons. The van der Waals surface area contributed by atoms with Gasteiger partial charge in [-0.1, -0.05) is 0 Å². The number of anilines is 1. The fourth-order valence-electron chi connectivity index (χ4n) is 0.558. The van der Waals surface area contributed by atoms with Crippen LogP contribution in [0.3, 0.4) is 0 Å². The van der Waals surface area contributed by atoms with Gasteiger partial charge in [-0.05, 0) is 22.9 Å². The second kappa shape index (κ2) is 2.34. The van der Waals surface area contributed by atoms with E-state index in [0.29, 0.717) is 10.7 Å². The molecule has 0 aliphatic heterocycles. The van der Waals surface area contributed by atoms with Crippen molar-refractivity contribution in [1.29, 1.82) is 0 Å². The SMILES string of the molecule is CCn1nc(Br)nc1N. The molecule has 0 aliphatic carbocycles. The molecule has 0 unspecified atom stereocenters. The largest absolute Gasteiger partial charge is 0.368 e. The standard InChI is InChI=1S/C4H7BrN4/c1-2-9-4(6)7-3(5)8-9/h2H2,1H3,(H2,6,7,8). The summed E-state index contributed by atoms with van der Waals surface area (Å²) < 4.78 is 2.16. The molecule has 50 valence electrons. The van der Waals surface area contributed by atoms with Gasteiger partial charge in [0.05, 0.1) is 0 Å². The Morgan fingerprint density at radius 2 is 2.44 bits per heavy atom. The van der Waals surface area contributed by atoms with Crippen molar-refractivity contribution >= 4 is 21.9 Å². The van der Waals surface area contributed by atoms with Crippen LogP contribution in [0.25, 0.3) is 0 Å². The lowest BCUT2D eigenvalue weighted by Gasteiger charge is -1.92. The summed E-state index contributed by atoms with van der Waals surface area (Å²) in [5.74, 6) is 0.448. The monoisotopic (exact) mass is 190 g/mol. The summed E-state index contributed by atoms with van der Waals surface area (Å²) >= 11 is 3.10. The zero-order chi connectivity index (χ0) is 6.85. The Morgan fingerprint density at radius 3 is 2.67 bits per heavy atom. The van der Waals surface area contributed by atoms with Gasteiger partial charge in [0.25, 0.3) is 0 Å². The van der Waals surface area contributed by atoms with E-state index in [0.717, 1.165) is 6.54 Å². The van der Waals surface area contributed by atoms with Gasteiger partial charge in [-0.15, -0.1) is 5.10 Å². The molecule has 0 amide bonds. The van der Waals surface area contributed by atoms with Gasteiger partial charge in [0.2, 0.25) is 10.7 Å². The number of aryl methyl sites for hydroxylation is 1. The Kier molecular flexibility index (Phi) is 1.70. The third-order valence-electron chi connectivity index (χ3n) is 0.974. The van der Waals surface area contributed by atoms with E-state index < -0.39 is 0 Å². The number of nitrogens with zero attached hydrogens (tertiary/aromatic N) is 3. The van der Waals surface area contributed by atoms with E-state index in [1.807, 2.05) is 6.92 Å². The molecule has 1 aromatic heterocycles. The average molecular weight is 191 g/mol. The van der Waals surface area contributed by atoms with E-state index in [1.165, 1.54) is 0 Å². The van der Waals surface area contributed by atoms with Gasteiger partial charge in [-0.2, -0.15) is 4.98 Å². The molecule has 2 N–H and O–H groups in total. The molecule has 1 aromatic rings. The number of nitrogens with two attached hydrogens (primary N) is 1. The van der Waals surface area contributed by atoms with E-state index >= 15 is 0 Å². The highest BCUT2D eigenvalue weighted by Crippen LogP contribution is 2.04. The first kappa shape index (κ1) is 6.54. The van der Waals surface area contributed by atoms with Crippen LogP contribution in [0.5, 0.6) is 0 Å². The molecule has 0 spiro atoms. The summed E-state index contributed by atoms with van der Waals surface area (Å²) in [5.41, 5.74) is 5.41. The maximum Gasteiger partial charge on any atom is 0.219 e. The molecule has 0 atom stereocenters. The highest BCUT2D eigenvalue weighted by molar-refractivity contribution is 9.10. The normalized spacial score (nSPS) is 10.0. The zero-order valence-electron chi connectivity index (χ0n) is 5.00. The Hall–Kier alpha value is -0.580. The van der Waals surface area contributed by atoms with Gasteiger partial charge < -0.3 is 5.73 Å². The zero-order valence-corrected chi connectivity index (χ0v) is 6.59. The van der Waals surface area contributed by atoms with Crippen molar-refractivity contribution in [3.63, 3.8) is 0 Å². The van der Waals surface area contributed by atoms with E-state index in [2.05, 4.69) is 26.0 Å². The number of aromatic nitrogens is 3. The molecule has 4 nitrogen and oxygen atoms in total. The second-order valence-corrected chi connectivity index (χ2v) is 2.26. The molecular formula is C4H7BrN4. The molecule has 0 fully saturated rings. The van der Waals surface area contributed by atoms with Crippen molar-refractivity contribution in [3.8, 4) is 0 Å². The molecule has 0 saturated carbocycles. The van der Waals surface area contributed by atoms with Crippen LogP contribution in [0.1, 0.15) is 6.92 Å². The smallest absolute Gasteiger partial charge is 0.219 e. The summed E-state index contributed by atoms with van der Waals surface area (Å²) in [4.78, 5) is 3.83. The van der Waals surface area contributed by atoms with E-state index in [4.69, 9.17) is 5.73 Å². The quantitative estimate of drug-likeness (QED) is 0.708. The third kappa shape index (κ3) is 1.21. The van der Waals surface area contributed by atoms with Crippen molar-refractivity contribution in [3.05, 3.63) is 4.73 Å². The molecule has 0 bridgehead atoms. The minimum atomic E-state index is 0.448. The van der Waals surface area contributed by atoms with Crippen LogP contribution in [0.4, 0.5) is 5.95 Å². The number of hydrogen-bond donors (Lipinski definition) is 1. The van der Waals surface area contributed by atoms with Gasteiger partial charge >= 0.3 is 0 Å². The van der Waals surface area contributed by atoms with Crippen molar-refractivity contribution in [2.75, 3.05) is 5.73 Å². The van der Waals surface area contributed by atoms with Gasteiger partial charge in [0.15, 0.2) is 0 Å². The van der Waals surface area contributed by atoms with Crippen LogP contribution in [0.2, 0.25) is 0 Å². The first-order valence-corrected chi connectivity index (χ1v) is 3.39. The lowest BCUT2D eigenvalue weighted by molar-refractivity contribution is 0.664. The van der Waals surface area contributed by atoms with Crippen LogP contribution in [0, 0.1) is 0 Å². The van der Waals surface area contributed by atoms with Crippen LogP contribution in [0.15, 0.2) is 4.73 Å². The summed E-state index contributed by atoms with van der Waals surface area (Å²) in [6.07, 6.45) is 0. The Bertz CT molecular complexity index is 206. The van der Waals surface area contributed by atoms with Gasteiger partial charge in [0, 0.05) is 6.54 Å². The van der Waals surface area contributed by atoms with E-state index in [1.54, 1.807) is 4.68 Å². The topological polar surface area (TPSA) is 56.7 Å². The van der Waals surface area contributed by atoms with E-state index in [-0.39, 0.29) is 0 Å². The van der Waals surface area contributed by atoms with E-state index in [9.17, 15) is 0 Å². The first-order chi connectivity index (χ1) is 4.24.